The Morgan fingerprint density at radius 1 is 0.590 bits per heavy atom. The van der Waals surface area contributed by atoms with E-state index in [0.717, 1.165) is 84.5 Å². The molecule has 6 aromatic carbocycles. The zero-order chi connectivity index (χ0) is 45.9. The monoisotopic (exact) mass is 804 g/mol. The number of benzene rings is 6. The fourth-order valence-electron chi connectivity index (χ4n) is 8.28. The molecule has 0 fully saturated rings. The lowest BCUT2D eigenvalue weighted by atomic mass is 9.81. The summed E-state index contributed by atoms with van der Waals surface area (Å²) in [7, 11) is 0. The van der Waals surface area contributed by atoms with Crippen molar-refractivity contribution >= 4 is 11.0 Å². The van der Waals surface area contributed by atoms with Gasteiger partial charge in [0.2, 0.25) is 0 Å². The van der Waals surface area contributed by atoms with Gasteiger partial charge in [-0.15, -0.1) is 0 Å². The van der Waals surface area contributed by atoms with E-state index in [4.69, 9.17) is 14.1 Å². The summed E-state index contributed by atoms with van der Waals surface area (Å²) in [6.07, 6.45) is 2.81. The van der Waals surface area contributed by atoms with Crippen LogP contribution >= 0.6 is 0 Å². The van der Waals surface area contributed by atoms with Crippen LogP contribution in [0.25, 0.3) is 72.7 Å². The largest absolute Gasteiger partial charge is 0.507 e. The molecule has 0 aliphatic rings. The SMILES string of the molecule is [2H]C([2H])([2H])c1ccc(-c2ccnc(-c3cc(-c4cccc5c4nc(-c4cc(C)cc(C(C)(C)C)c4O)n5-c4ccc(C(C)(C)CC)cc4-c4ccccc4)cc(C(C)(C)C)c3)c2)cc1. The molecule has 61 heavy (non-hydrogen) atoms. The molecule has 308 valence electrons. The highest BCUT2D eigenvalue weighted by Gasteiger charge is 2.28. The number of para-hydroxylation sites is 1. The summed E-state index contributed by atoms with van der Waals surface area (Å²) < 4.78 is 25.8. The maximum Gasteiger partial charge on any atom is 0.149 e. The summed E-state index contributed by atoms with van der Waals surface area (Å²) in [5, 5.41) is 12.3. The lowest BCUT2D eigenvalue weighted by molar-refractivity contribution is 0.448. The Hall–Kier alpha value is -6.26. The summed E-state index contributed by atoms with van der Waals surface area (Å²) >= 11 is 0. The number of nitrogens with zero attached hydrogens (tertiary/aromatic N) is 3. The molecule has 0 saturated heterocycles. The van der Waals surface area contributed by atoms with Crippen LogP contribution in [-0.4, -0.2) is 19.6 Å². The Bertz CT molecular complexity index is 3020. The zero-order valence-corrected chi connectivity index (χ0v) is 37.3. The van der Waals surface area contributed by atoms with Crippen LogP contribution in [0.4, 0.5) is 0 Å². The van der Waals surface area contributed by atoms with Gasteiger partial charge in [0.05, 0.1) is 28.0 Å². The smallest absolute Gasteiger partial charge is 0.149 e. The van der Waals surface area contributed by atoms with Gasteiger partial charge in [-0.3, -0.25) is 9.55 Å². The fraction of sp³-hybridized carbons (Fsp3) is 0.263. The van der Waals surface area contributed by atoms with E-state index in [1.54, 1.807) is 12.1 Å². The molecule has 1 N–H and O–H groups in total. The van der Waals surface area contributed by atoms with Crippen molar-refractivity contribution in [3.63, 3.8) is 0 Å². The number of fused-ring (bicyclic) bond motifs is 1. The van der Waals surface area contributed by atoms with Crippen molar-refractivity contribution in [3.8, 4) is 67.5 Å². The van der Waals surface area contributed by atoms with E-state index in [1.807, 2.05) is 24.4 Å². The molecule has 0 atom stereocenters. The first-order valence-corrected chi connectivity index (χ1v) is 21.4. The molecule has 8 aromatic rings. The Morgan fingerprint density at radius 2 is 1.33 bits per heavy atom. The minimum absolute atomic E-state index is 0.0417. The molecule has 0 unspecified atom stereocenters. The molecular weight excluding hydrogens is 743 g/mol. The number of rotatable bonds is 8. The molecule has 8 rings (SSSR count). The lowest BCUT2D eigenvalue weighted by Gasteiger charge is -2.26. The van der Waals surface area contributed by atoms with Crippen LogP contribution < -0.4 is 0 Å². The Balaban J connectivity index is 1.40. The van der Waals surface area contributed by atoms with Crippen LogP contribution in [0.3, 0.4) is 0 Å². The van der Waals surface area contributed by atoms with Crippen LogP contribution in [0.5, 0.6) is 5.75 Å². The van der Waals surface area contributed by atoms with Crippen LogP contribution in [0.2, 0.25) is 0 Å². The van der Waals surface area contributed by atoms with Crippen LogP contribution in [-0.2, 0) is 16.2 Å². The van der Waals surface area contributed by atoms with Gasteiger partial charge in [-0.2, -0.15) is 0 Å². The zero-order valence-electron chi connectivity index (χ0n) is 40.3. The second-order valence-electron chi connectivity index (χ2n) is 19.3. The maximum absolute atomic E-state index is 12.3. The predicted molar refractivity (Wildman–Crippen MR) is 258 cm³/mol. The summed E-state index contributed by atoms with van der Waals surface area (Å²) in [5.41, 5.74) is 15.3. The van der Waals surface area contributed by atoms with Crippen molar-refractivity contribution in [3.05, 3.63) is 167 Å². The van der Waals surface area contributed by atoms with Gasteiger partial charge in [0, 0.05) is 32.6 Å². The topological polar surface area (TPSA) is 50.9 Å². The van der Waals surface area contributed by atoms with Crippen molar-refractivity contribution in [2.45, 2.75) is 98.8 Å². The second kappa shape index (κ2) is 15.6. The van der Waals surface area contributed by atoms with E-state index in [1.165, 1.54) is 5.56 Å². The van der Waals surface area contributed by atoms with E-state index < -0.39 is 6.85 Å². The molecule has 4 heteroatoms. The van der Waals surface area contributed by atoms with Gasteiger partial charge >= 0.3 is 0 Å². The number of hydrogen-bond acceptors (Lipinski definition) is 3. The summed E-state index contributed by atoms with van der Waals surface area (Å²) in [6.45, 7) is 19.8. The Kier molecular flexibility index (Phi) is 9.68. The van der Waals surface area contributed by atoms with E-state index in [2.05, 4.69) is 177 Å². The van der Waals surface area contributed by atoms with Crippen molar-refractivity contribution in [2.24, 2.45) is 0 Å². The number of phenols is 1. The molecule has 2 heterocycles. The Morgan fingerprint density at radius 3 is 2.02 bits per heavy atom. The first kappa shape index (κ1) is 37.7. The van der Waals surface area contributed by atoms with Crippen molar-refractivity contribution < 1.29 is 9.22 Å². The minimum atomic E-state index is -2.17. The lowest BCUT2D eigenvalue weighted by Crippen LogP contribution is -2.16. The van der Waals surface area contributed by atoms with Crippen molar-refractivity contribution in [1.29, 1.82) is 0 Å². The first-order valence-electron chi connectivity index (χ1n) is 22.9. The third-order valence-corrected chi connectivity index (χ3v) is 12.4. The number of aromatic nitrogens is 3. The molecule has 0 amide bonds. The van der Waals surface area contributed by atoms with Crippen LogP contribution in [0.1, 0.15) is 101 Å². The number of pyridine rings is 1. The number of imidazole rings is 1. The van der Waals surface area contributed by atoms with Gasteiger partial charge in [-0.25, -0.2) is 4.98 Å². The number of aromatic hydroxyl groups is 1. The standard InChI is InChI=1S/C57H59N3O/c1-12-57(10,11)43-25-26-50(46(35-43)39-17-14-13-15-18-39)60-51-20-16-19-45(52(51)59-54(60)47-29-37(3)30-48(53(47)61)56(7,8)9)41-31-42(33-44(32-41)55(4,5)6)49-34-40(27-28-58-49)38-23-21-36(2)22-24-38/h13-35,61H,12H2,1-11H3/i2D3. The van der Waals surface area contributed by atoms with Gasteiger partial charge in [0.15, 0.2) is 0 Å². The summed E-state index contributed by atoms with van der Waals surface area (Å²) in [4.78, 5) is 10.5. The minimum Gasteiger partial charge on any atom is -0.507 e. The van der Waals surface area contributed by atoms with E-state index in [9.17, 15) is 5.11 Å². The molecule has 0 radical (unpaired) electrons. The number of phenolic OH excluding ortho intramolecular Hbond substituents is 1. The third kappa shape index (κ3) is 8.04. The van der Waals surface area contributed by atoms with E-state index >= 15 is 0 Å². The Labute approximate surface area is 367 Å². The molecule has 4 nitrogen and oxygen atoms in total. The van der Waals surface area contributed by atoms with E-state index in [0.29, 0.717) is 17.0 Å². The molecular formula is C57H59N3O. The number of aryl methyl sites for hydroxylation is 2. The highest BCUT2D eigenvalue weighted by atomic mass is 16.3. The third-order valence-electron chi connectivity index (χ3n) is 12.4. The van der Waals surface area contributed by atoms with Gasteiger partial charge in [0.25, 0.3) is 0 Å². The van der Waals surface area contributed by atoms with Gasteiger partial charge in [-0.1, -0.05) is 153 Å². The normalized spacial score (nSPS) is 13.2. The summed E-state index contributed by atoms with van der Waals surface area (Å²) in [5.74, 6) is 0.900. The second-order valence-corrected chi connectivity index (χ2v) is 19.3. The molecule has 0 aliphatic carbocycles. The van der Waals surface area contributed by atoms with E-state index in [-0.39, 0.29) is 22.0 Å². The highest BCUT2D eigenvalue weighted by Crippen LogP contribution is 2.45. The van der Waals surface area contributed by atoms with Crippen molar-refractivity contribution in [2.75, 3.05) is 0 Å². The molecule has 0 bridgehead atoms. The predicted octanol–water partition coefficient (Wildman–Crippen LogP) is 15.4. The maximum atomic E-state index is 12.3. The average Bonchev–Trinajstić information content (AvgIpc) is 3.65. The van der Waals surface area contributed by atoms with Crippen molar-refractivity contribution in [1.82, 2.24) is 14.5 Å². The molecule has 2 aromatic heterocycles. The molecule has 0 aliphatic heterocycles. The fourth-order valence-corrected chi connectivity index (χ4v) is 8.28. The summed E-state index contributed by atoms with van der Waals surface area (Å²) in [6, 6.07) is 45.8. The van der Waals surface area contributed by atoms with Crippen LogP contribution in [0, 0.1) is 13.8 Å². The molecule has 0 spiro atoms. The van der Waals surface area contributed by atoms with Gasteiger partial charge < -0.3 is 5.11 Å². The van der Waals surface area contributed by atoms with Gasteiger partial charge in [0.1, 0.15) is 11.6 Å². The quantitative estimate of drug-likeness (QED) is 0.166. The molecule has 0 saturated carbocycles. The van der Waals surface area contributed by atoms with Crippen LogP contribution in [0.15, 0.2) is 140 Å². The number of hydrogen-bond donors (Lipinski definition) is 1. The first-order chi connectivity index (χ1) is 30.1. The average molecular weight is 805 g/mol. The van der Waals surface area contributed by atoms with Gasteiger partial charge in [-0.05, 0) is 124 Å². The highest BCUT2D eigenvalue weighted by molar-refractivity contribution is 5.98.